The molecule has 0 atom stereocenters. The molecule has 102 valence electrons. The predicted octanol–water partition coefficient (Wildman–Crippen LogP) is 3.41. The quantitative estimate of drug-likeness (QED) is 0.728. The average Bonchev–Trinajstić information content (AvgIpc) is 3.08. The van der Waals surface area contributed by atoms with Gasteiger partial charge in [-0.15, -0.1) is 11.3 Å². The Morgan fingerprint density at radius 3 is 2.45 bits per heavy atom. The summed E-state index contributed by atoms with van der Waals surface area (Å²) in [6.45, 7) is 0. The molecule has 3 rings (SSSR count). The van der Waals surface area contributed by atoms with Crippen LogP contribution in [0.25, 0.3) is 16.5 Å². The highest BCUT2D eigenvalue weighted by Gasteiger charge is 2.35. The minimum absolute atomic E-state index is 0.103. The Morgan fingerprint density at radius 1 is 1.10 bits per heavy atom. The van der Waals surface area contributed by atoms with Crippen LogP contribution in [0.4, 0.5) is 13.2 Å². The predicted molar refractivity (Wildman–Crippen MR) is 67.5 cm³/mol. The van der Waals surface area contributed by atoms with Crippen molar-refractivity contribution in [1.29, 1.82) is 0 Å². The van der Waals surface area contributed by atoms with Crippen LogP contribution < -0.4 is 0 Å². The molecule has 3 aromatic rings. The van der Waals surface area contributed by atoms with Gasteiger partial charge in [-0.05, 0) is 23.6 Å². The van der Waals surface area contributed by atoms with E-state index in [2.05, 4.69) is 15.1 Å². The van der Waals surface area contributed by atoms with Crippen molar-refractivity contribution in [2.24, 2.45) is 0 Å². The van der Waals surface area contributed by atoms with E-state index in [9.17, 15) is 13.2 Å². The third-order valence-electron chi connectivity index (χ3n) is 2.52. The van der Waals surface area contributed by atoms with E-state index in [0.29, 0.717) is 10.6 Å². The third kappa shape index (κ3) is 2.29. The second-order valence-corrected chi connectivity index (χ2v) is 4.80. The summed E-state index contributed by atoms with van der Waals surface area (Å²) in [6, 6.07) is 6.07. The van der Waals surface area contributed by atoms with Crippen LogP contribution in [0.1, 0.15) is 5.69 Å². The van der Waals surface area contributed by atoms with Gasteiger partial charge in [-0.2, -0.15) is 23.0 Å². The van der Waals surface area contributed by atoms with Gasteiger partial charge in [0.25, 0.3) is 5.95 Å². The standard InChI is InChI=1S/C12H7F3N4S/c13-12(14,15)10-7-8(9-3-1-6-20-9)19(18-10)11-16-4-2-5-17-11/h1-7H. The molecule has 3 aromatic heterocycles. The van der Waals surface area contributed by atoms with Crippen LogP contribution in [0.5, 0.6) is 0 Å². The Hall–Kier alpha value is -2.22. The molecule has 0 aliphatic rings. The first kappa shape index (κ1) is 12.8. The molecule has 0 aliphatic carbocycles. The Kier molecular flexibility index (Phi) is 3.01. The van der Waals surface area contributed by atoms with Gasteiger partial charge in [0, 0.05) is 12.4 Å². The van der Waals surface area contributed by atoms with E-state index in [-0.39, 0.29) is 5.95 Å². The highest BCUT2D eigenvalue weighted by Crippen LogP contribution is 2.34. The van der Waals surface area contributed by atoms with Crippen molar-refractivity contribution in [3.63, 3.8) is 0 Å². The number of aromatic nitrogens is 4. The second-order valence-electron chi connectivity index (χ2n) is 3.85. The van der Waals surface area contributed by atoms with E-state index in [4.69, 9.17) is 0 Å². The largest absolute Gasteiger partial charge is 0.435 e. The highest BCUT2D eigenvalue weighted by atomic mass is 32.1. The van der Waals surface area contributed by atoms with Crippen LogP contribution in [0, 0.1) is 0 Å². The molecule has 0 aliphatic heterocycles. The molecular formula is C12H7F3N4S. The van der Waals surface area contributed by atoms with Gasteiger partial charge in [0.2, 0.25) is 0 Å². The van der Waals surface area contributed by atoms with E-state index >= 15 is 0 Å². The van der Waals surface area contributed by atoms with Crippen molar-refractivity contribution in [3.05, 3.63) is 47.7 Å². The summed E-state index contributed by atoms with van der Waals surface area (Å²) in [5, 5.41) is 5.36. The molecule has 0 aromatic carbocycles. The topological polar surface area (TPSA) is 43.6 Å². The minimum atomic E-state index is -4.51. The molecule has 0 spiro atoms. The Bertz CT molecular complexity index is 704. The lowest BCUT2D eigenvalue weighted by molar-refractivity contribution is -0.141. The lowest BCUT2D eigenvalue weighted by atomic mass is 10.3. The first-order valence-electron chi connectivity index (χ1n) is 5.54. The Balaban J connectivity index is 2.20. The summed E-state index contributed by atoms with van der Waals surface area (Å²) in [5.41, 5.74) is -0.646. The van der Waals surface area contributed by atoms with Crippen LogP contribution in [0.2, 0.25) is 0 Å². The number of alkyl halides is 3. The summed E-state index contributed by atoms with van der Waals surface area (Å²) < 4.78 is 39.6. The van der Waals surface area contributed by atoms with E-state index in [1.54, 1.807) is 23.6 Å². The van der Waals surface area contributed by atoms with E-state index in [0.717, 1.165) is 10.7 Å². The molecule has 0 unspecified atom stereocenters. The normalized spacial score (nSPS) is 11.8. The summed E-state index contributed by atoms with van der Waals surface area (Å²) in [6.07, 6.45) is -1.60. The van der Waals surface area contributed by atoms with Gasteiger partial charge in [-0.3, -0.25) is 0 Å². The van der Waals surface area contributed by atoms with Crippen molar-refractivity contribution < 1.29 is 13.2 Å². The van der Waals surface area contributed by atoms with Crippen LogP contribution in [-0.2, 0) is 6.18 Å². The monoisotopic (exact) mass is 296 g/mol. The van der Waals surface area contributed by atoms with Crippen molar-refractivity contribution in [3.8, 4) is 16.5 Å². The molecule has 8 heteroatoms. The zero-order chi connectivity index (χ0) is 14.2. The molecule has 3 heterocycles. The Morgan fingerprint density at radius 2 is 1.85 bits per heavy atom. The number of hydrogen-bond donors (Lipinski definition) is 0. The van der Waals surface area contributed by atoms with E-state index < -0.39 is 11.9 Å². The third-order valence-corrected chi connectivity index (χ3v) is 3.41. The summed E-state index contributed by atoms with van der Waals surface area (Å²) in [7, 11) is 0. The van der Waals surface area contributed by atoms with Gasteiger partial charge < -0.3 is 0 Å². The number of halogens is 3. The molecule has 0 N–H and O–H groups in total. The first-order valence-corrected chi connectivity index (χ1v) is 6.42. The van der Waals surface area contributed by atoms with Gasteiger partial charge >= 0.3 is 6.18 Å². The second kappa shape index (κ2) is 4.71. The van der Waals surface area contributed by atoms with Crippen molar-refractivity contribution in [1.82, 2.24) is 19.7 Å². The van der Waals surface area contributed by atoms with Crippen LogP contribution >= 0.6 is 11.3 Å². The lowest BCUT2D eigenvalue weighted by Gasteiger charge is -2.03. The maximum atomic E-state index is 12.8. The minimum Gasteiger partial charge on any atom is -0.220 e. The SMILES string of the molecule is FC(F)(F)c1cc(-c2cccs2)n(-c2ncccn2)n1. The van der Waals surface area contributed by atoms with Crippen molar-refractivity contribution in [2.75, 3.05) is 0 Å². The number of nitrogens with zero attached hydrogens (tertiary/aromatic N) is 4. The van der Waals surface area contributed by atoms with Gasteiger partial charge in [-0.1, -0.05) is 6.07 Å². The van der Waals surface area contributed by atoms with Crippen LogP contribution in [0.15, 0.2) is 42.0 Å². The van der Waals surface area contributed by atoms with Crippen LogP contribution in [-0.4, -0.2) is 19.7 Å². The molecule has 20 heavy (non-hydrogen) atoms. The molecule has 0 saturated carbocycles. The van der Waals surface area contributed by atoms with Gasteiger partial charge in [-0.25, -0.2) is 9.97 Å². The maximum absolute atomic E-state index is 12.8. The fourth-order valence-corrected chi connectivity index (χ4v) is 2.40. The van der Waals surface area contributed by atoms with Gasteiger partial charge in [0.1, 0.15) is 0 Å². The average molecular weight is 296 g/mol. The molecular weight excluding hydrogens is 289 g/mol. The Labute approximate surface area is 115 Å². The molecule has 0 amide bonds. The van der Waals surface area contributed by atoms with Crippen LogP contribution in [0.3, 0.4) is 0 Å². The highest BCUT2D eigenvalue weighted by molar-refractivity contribution is 7.13. The molecule has 0 fully saturated rings. The summed E-state index contributed by atoms with van der Waals surface area (Å²) in [4.78, 5) is 8.55. The van der Waals surface area contributed by atoms with E-state index in [1.807, 2.05) is 0 Å². The fourth-order valence-electron chi connectivity index (χ4n) is 1.67. The fraction of sp³-hybridized carbons (Fsp3) is 0.0833. The van der Waals surface area contributed by atoms with Gasteiger partial charge in [0.15, 0.2) is 5.69 Å². The van der Waals surface area contributed by atoms with Crippen molar-refractivity contribution in [2.45, 2.75) is 6.18 Å². The smallest absolute Gasteiger partial charge is 0.220 e. The number of hydrogen-bond acceptors (Lipinski definition) is 4. The lowest BCUT2D eigenvalue weighted by Crippen LogP contribution is -2.08. The van der Waals surface area contributed by atoms with E-state index in [1.165, 1.54) is 23.7 Å². The molecule has 0 saturated heterocycles. The zero-order valence-electron chi connectivity index (χ0n) is 9.87. The first-order chi connectivity index (χ1) is 9.55. The molecule has 0 radical (unpaired) electrons. The summed E-state index contributed by atoms with van der Waals surface area (Å²) >= 11 is 1.33. The number of rotatable bonds is 2. The van der Waals surface area contributed by atoms with Crippen molar-refractivity contribution >= 4 is 11.3 Å². The summed E-state index contributed by atoms with van der Waals surface area (Å²) in [5.74, 6) is 0.103. The van der Waals surface area contributed by atoms with Gasteiger partial charge in [0.05, 0.1) is 10.6 Å². The maximum Gasteiger partial charge on any atom is 0.435 e. The number of thiophene rings is 1. The molecule has 0 bridgehead atoms. The zero-order valence-corrected chi connectivity index (χ0v) is 10.7. The molecule has 4 nitrogen and oxygen atoms in total.